The van der Waals surface area contributed by atoms with Crippen molar-refractivity contribution in [3.05, 3.63) is 0 Å². The van der Waals surface area contributed by atoms with Crippen LogP contribution in [-0.4, -0.2) is 140 Å². The second-order valence-electron chi connectivity index (χ2n) is 19.7. The Morgan fingerprint density at radius 1 is 0.485 bits per heavy atom. The Hall–Kier alpha value is -1.01. The van der Waals surface area contributed by atoms with Gasteiger partial charge in [0.05, 0.1) is 32.0 Å². The van der Waals surface area contributed by atoms with Crippen molar-refractivity contribution in [1.29, 1.82) is 0 Å². The fourth-order valence-corrected chi connectivity index (χ4v) is 9.36. The molecule has 0 aromatic heterocycles. The van der Waals surface area contributed by atoms with Crippen molar-refractivity contribution < 1.29 is 64.6 Å². The van der Waals surface area contributed by atoms with E-state index in [0.717, 1.165) is 51.4 Å². The highest BCUT2D eigenvalue weighted by Crippen LogP contribution is 2.30. The highest BCUT2D eigenvalue weighted by molar-refractivity contribution is 5.76. The lowest BCUT2D eigenvalue weighted by Crippen LogP contribution is -2.65. The molecule has 66 heavy (non-hydrogen) atoms. The van der Waals surface area contributed by atoms with Crippen LogP contribution in [0, 0.1) is 0 Å². The van der Waals surface area contributed by atoms with Crippen LogP contribution in [0.25, 0.3) is 0 Å². The minimum absolute atomic E-state index is 0.203. The van der Waals surface area contributed by atoms with Gasteiger partial charge in [-0.2, -0.15) is 0 Å². The van der Waals surface area contributed by atoms with Crippen LogP contribution in [0.3, 0.4) is 0 Å². The highest BCUT2D eigenvalue weighted by Gasteiger charge is 2.51. The molecule has 2 aliphatic rings. The third kappa shape index (κ3) is 26.3. The zero-order valence-electron chi connectivity index (χ0n) is 41.7. The molecule has 0 aromatic rings. The minimum atomic E-state index is -1.78. The summed E-state index contributed by atoms with van der Waals surface area (Å²) in [7, 11) is 0. The van der Waals surface area contributed by atoms with Gasteiger partial charge in [0, 0.05) is 6.42 Å². The summed E-state index contributed by atoms with van der Waals surface area (Å²) in [6, 6.07) is -0.821. The molecule has 0 spiro atoms. The van der Waals surface area contributed by atoms with E-state index in [-0.39, 0.29) is 12.5 Å². The number of carbonyl (C=O) groups is 1. The highest BCUT2D eigenvalue weighted by atomic mass is 16.7. The van der Waals surface area contributed by atoms with Gasteiger partial charge in [-0.05, 0) is 12.8 Å². The van der Waals surface area contributed by atoms with Crippen molar-refractivity contribution >= 4 is 5.91 Å². The molecule has 0 saturated carbocycles. The molecule has 14 nitrogen and oxygen atoms in total. The Balaban J connectivity index is 1.80. The maximum atomic E-state index is 13.2. The fraction of sp³-hybridized carbons (Fsp3) is 0.981. The fourth-order valence-electron chi connectivity index (χ4n) is 9.36. The van der Waals surface area contributed by atoms with E-state index in [2.05, 4.69) is 19.2 Å². The van der Waals surface area contributed by atoms with Crippen molar-refractivity contribution in [2.24, 2.45) is 0 Å². The Labute approximate surface area is 400 Å². The SMILES string of the molecule is CCCCCCCCCCCCCCCCCCCC(O)C(COC1OC(CO)C(OC2OC(CO)C(O)C(O)C2O)C(O)C1O)NC(=O)CCCCCCCCCCCCCCCCC. The topological polar surface area (TPSA) is 228 Å². The summed E-state index contributed by atoms with van der Waals surface area (Å²) in [6.07, 6.45) is 23.8. The second kappa shape index (κ2) is 39.7. The van der Waals surface area contributed by atoms with Crippen molar-refractivity contribution in [2.45, 2.75) is 306 Å². The number of hydrogen-bond donors (Lipinski definition) is 9. The molecule has 1 amide bonds. The van der Waals surface area contributed by atoms with E-state index in [1.807, 2.05) is 0 Å². The summed E-state index contributed by atoms with van der Waals surface area (Å²) in [6.45, 7) is 2.88. The number of ether oxygens (including phenoxy) is 4. The Morgan fingerprint density at radius 3 is 1.29 bits per heavy atom. The number of unbranched alkanes of at least 4 members (excludes halogenated alkanes) is 30. The van der Waals surface area contributed by atoms with E-state index in [4.69, 9.17) is 18.9 Å². The van der Waals surface area contributed by atoms with Crippen molar-refractivity contribution in [1.82, 2.24) is 5.32 Å². The van der Waals surface area contributed by atoms with Gasteiger partial charge in [-0.1, -0.05) is 213 Å². The summed E-state index contributed by atoms with van der Waals surface area (Å²) >= 11 is 0. The van der Waals surface area contributed by atoms with E-state index in [1.165, 1.54) is 154 Å². The number of hydrogen-bond acceptors (Lipinski definition) is 13. The zero-order chi connectivity index (χ0) is 48.2. The van der Waals surface area contributed by atoms with Crippen molar-refractivity contribution in [2.75, 3.05) is 19.8 Å². The predicted molar refractivity (Wildman–Crippen MR) is 259 cm³/mol. The molecule has 0 radical (unpaired) electrons. The van der Waals surface area contributed by atoms with E-state index < -0.39 is 86.8 Å². The van der Waals surface area contributed by atoms with Gasteiger partial charge >= 0.3 is 0 Å². The number of carbonyl (C=O) groups excluding carboxylic acids is 1. The van der Waals surface area contributed by atoms with Crippen LogP contribution in [0.5, 0.6) is 0 Å². The molecule has 12 unspecified atom stereocenters. The molecule has 392 valence electrons. The van der Waals surface area contributed by atoms with Crippen LogP contribution in [-0.2, 0) is 23.7 Å². The standard InChI is InChI=1S/C52H101NO13/c1-3-5-7-9-11-13-15-17-19-20-22-23-25-27-29-31-33-35-41(56)40(53-44(57)36-34-32-30-28-26-24-21-18-16-14-12-10-8-6-4-2)39-63-51-49(62)47(60)50(43(38-55)65-51)66-52-48(61)46(59)45(58)42(37-54)64-52/h40-43,45-52,54-56,58-62H,3-39H2,1-2H3,(H,53,57). The van der Waals surface area contributed by atoms with Gasteiger partial charge in [-0.3, -0.25) is 4.79 Å². The lowest BCUT2D eigenvalue weighted by atomic mass is 9.97. The zero-order valence-corrected chi connectivity index (χ0v) is 41.7. The van der Waals surface area contributed by atoms with E-state index in [9.17, 15) is 45.6 Å². The maximum Gasteiger partial charge on any atom is 0.220 e. The number of nitrogens with one attached hydrogen (secondary N) is 1. The third-order valence-corrected chi connectivity index (χ3v) is 13.8. The molecule has 14 heteroatoms. The number of amides is 1. The predicted octanol–water partition coefficient (Wildman–Crippen LogP) is 7.78. The van der Waals surface area contributed by atoms with Gasteiger partial charge in [0.1, 0.15) is 48.8 Å². The van der Waals surface area contributed by atoms with E-state index in [0.29, 0.717) is 12.8 Å². The third-order valence-electron chi connectivity index (χ3n) is 13.8. The van der Waals surface area contributed by atoms with Crippen LogP contribution in [0.1, 0.15) is 232 Å². The Morgan fingerprint density at radius 2 is 0.864 bits per heavy atom. The summed E-state index contributed by atoms with van der Waals surface area (Å²) in [4.78, 5) is 13.2. The lowest BCUT2D eigenvalue weighted by Gasteiger charge is -2.46. The van der Waals surface area contributed by atoms with E-state index >= 15 is 0 Å². The normalized spacial score (nSPS) is 26.7. The van der Waals surface area contributed by atoms with Crippen molar-refractivity contribution in [3.63, 3.8) is 0 Å². The molecule has 2 aliphatic heterocycles. The average molecular weight is 948 g/mol. The summed E-state index contributed by atoms with van der Waals surface area (Å²) in [5, 5.41) is 87.0. The number of aliphatic hydroxyl groups is 8. The van der Waals surface area contributed by atoms with Gasteiger partial charge in [0.2, 0.25) is 5.91 Å². The van der Waals surface area contributed by atoms with Gasteiger partial charge in [-0.15, -0.1) is 0 Å². The maximum absolute atomic E-state index is 13.2. The van der Waals surface area contributed by atoms with Crippen LogP contribution in [0.15, 0.2) is 0 Å². The van der Waals surface area contributed by atoms with Crippen LogP contribution in [0.4, 0.5) is 0 Å². The minimum Gasteiger partial charge on any atom is -0.394 e. The van der Waals surface area contributed by atoms with Crippen LogP contribution < -0.4 is 5.32 Å². The lowest BCUT2D eigenvalue weighted by molar-refractivity contribution is -0.359. The largest absolute Gasteiger partial charge is 0.394 e. The first-order chi connectivity index (χ1) is 32.1. The first-order valence-corrected chi connectivity index (χ1v) is 27.3. The van der Waals surface area contributed by atoms with Gasteiger partial charge in [-0.25, -0.2) is 0 Å². The summed E-state index contributed by atoms with van der Waals surface area (Å²) in [5.74, 6) is -0.203. The molecule has 0 aromatic carbocycles. The molecular weight excluding hydrogens is 847 g/mol. The quantitative estimate of drug-likeness (QED) is 0.0267. The van der Waals surface area contributed by atoms with Gasteiger partial charge < -0.3 is 65.1 Å². The smallest absolute Gasteiger partial charge is 0.220 e. The first kappa shape index (κ1) is 61.1. The van der Waals surface area contributed by atoms with Crippen molar-refractivity contribution in [3.8, 4) is 0 Å². The molecule has 2 saturated heterocycles. The molecular formula is C52H101NO13. The second-order valence-corrected chi connectivity index (χ2v) is 19.7. The van der Waals surface area contributed by atoms with Crippen LogP contribution in [0.2, 0.25) is 0 Å². The molecule has 12 atom stereocenters. The molecule has 2 rings (SSSR count). The van der Waals surface area contributed by atoms with Gasteiger partial charge in [0.15, 0.2) is 12.6 Å². The first-order valence-electron chi connectivity index (χ1n) is 27.3. The average Bonchev–Trinajstić information content (AvgIpc) is 3.31. The molecule has 0 aliphatic carbocycles. The molecule has 0 bridgehead atoms. The summed E-state index contributed by atoms with van der Waals surface area (Å²) in [5.41, 5.74) is 0. The number of rotatable bonds is 43. The van der Waals surface area contributed by atoms with E-state index in [1.54, 1.807) is 0 Å². The monoisotopic (exact) mass is 948 g/mol. The Bertz CT molecular complexity index is 1120. The van der Waals surface area contributed by atoms with Gasteiger partial charge in [0.25, 0.3) is 0 Å². The molecule has 9 N–H and O–H groups in total. The Kier molecular flexibility index (Phi) is 36.7. The molecule has 2 fully saturated rings. The van der Waals surface area contributed by atoms with Crippen LogP contribution >= 0.6 is 0 Å². The molecule has 2 heterocycles. The summed E-state index contributed by atoms with van der Waals surface area (Å²) < 4.78 is 22.8. The number of aliphatic hydroxyl groups excluding tert-OH is 8.